The van der Waals surface area contributed by atoms with Crippen molar-refractivity contribution in [2.24, 2.45) is 0 Å². The van der Waals surface area contributed by atoms with E-state index in [0.717, 1.165) is 18.9 Å². The van der Waals surface area contributed by atoms with Crippen molar-refractivity contribution >= 4 is 9.04 Å². The third-order valence-corrected chi connectivity index (χ3v) is 4.61. The van der Waals surface area contributed by atoms with E-state index in [1.807, 2.05) is 12.1 Å². The van der Waals surface area contributed by atoms with Gasteiger partial charge < -0.3 is 14.3 Å². The highest BCUT2D eigenvalue weighted by atomic mass is 28.3. The van der Waals surface area contributed by atoms with Crippen molar-refractivity contribution in [2.75, 3.05) is 7.11 Å². The lowest BCUT2D eigenvalue weighted by atomic mass is 10.1. The van der Waals surface area contributed by atoms with Crippen LogP contribution in [-0.4, -0.2) is 27.4 Å². The average molecular weight is 267 g/mol. The summed E-state index contributed by atoms with van der Waals surface area (Å²) in [5.41, 5.74) is 1.20. The Morgan fingerprint density at radius 3 is 2.67 bits per heavy atom. The van der Waals surface area contributed by atoms with Crippen LogP contribution in [-0.2, 0) is 10.8 Å². The molecule has 0 spiro atoms. The van der Waals surface area contributed by atoms with Gasteiger partial charge >= 0.3 is 0 Å². The van der Waals surface area contributed by atoms with Crippen LogP contribution in [0.4, 0.5) is 0 Å². The molecule has 101 valence electrons. The molecule has 4 heteroatoms. The topological polar surface area (TPSA) is 38.7 Å². The van der Waals surface area contributed by atoms with Gasteiger partial charge in [-0.15, -0.1) is 0 Å². The summed E-state index contributed by atoms with van der Waals surface area (Å²) in [5, 5.41) is 9.51. The number of hydrogen-bond acceptors (Lipinski definition) is 3. The molecule has 0 amide bonds. The molecule has 0 aliphatic carbocycles. The van der Waals surface area contributed by atoms with Crippen LogP contribution in [0.3, 0.4) is 0 Å². The van der Waals surface area contributed by atoms with Crippen molar-refractivity contribution in [2.45, 2.75) is 45.4 Å². The van der Waals surface area contributed by atoms with Gasteiger partial charge in [-0.25, -0.2) is 0 Å². The quantitative estimate of drug-likeness (QED) is 0.770. The molecular formula is C14H23O3Si. The molecule has 1 rings (SSSR count). The van der Waals surface area contributed by atoms with Crippen molar-refractivity contribution in [1.82, 2.24) is 0 Å². The maximum atomic E-state index is 9.51. The molecule has 0 saturated carbocycles. The summed E-state index contributed by atoms with van der Waals surface area (Å²) in [4.78, 5) is 0. The highest BCUT2D eigenvalue weighted by molar-refractivity contribution is 6.50. The first-order valence-corrected chi connectivity index (χ1v) is 8.49. The van der Waals surface area contributed by atoms with E-state index >= 15 is 0 Å². The largest absolute Gasteiger partial charge is 0.504 e. The van der Waals surface area contributed by atoms with E-state index in [4.69, 9.17) is 9.16 Å². The second kappa shape index (κ2) is 7.44. The van der Waals surface area contributed by atoms with E-state index in [2.05, 4.69) is 20.4 Å². The zero-order valence-electron chi connectivity index (χ0n) is 11.7. The molecular weight excluding hydrogens is 244 g/mol. The first kappa shape index (κ1) is 15.1. The summed E-state index contributed by atoms with van der Waals surface area (Å²) < 4.78 is 10.9. The Morgan fingerprint density at radius 1 is 1.33 bits per heavy atom. The Bertz CT molecular complexity index is 366. The van der Waals surface area contributed by atoms with Crippen LogP contribution in [0.25, 0.3) is 0 Å². The molecule has 1 aromatic rings. The lowest BCUT2D eigenvalue weighted by Crippen LogP contribution is -2.18. The fraction of sp³-hybridized carbons (Fsp3) is 0.571. The van der Waals surface area contributed by atoms with E-state index in [1.54, 1.807) is 13.2 Å². The summed E-state index contributed by atoms with van der Waals surface area (Å²) in [6.45, 7) is 6.38. The molecule has 0 fully saturated rings. The van der Waals surface area contributed by atoms with Crippen LogP contribution < -0.4 is 4.74 Å². The standard InChI is InChI=1S/C14H23O3Si/c1-11(2)17-18(4)9-5-6-12-7-8-13(15)14(10-12)16-3/h7-8,10-11,15H,5-6,9H2,1-4H3. The maximum Gasteiger partial charge on any atom is 0.208 e. The van der Waals surface area contributed by atoms with Gasteiger partial charge in [0.15, 0.2) is 11.5 Å². The zero-order chi connectivity index (χ0) is 13.5. The molecule has 0 saturated heterocycles. The Labute approximate surface area is 111 Å². The van der Waals surface area contributed by atoms with Gasteiger partial charge in [0.05, 0.1) is 7.11 Å². The third kappa shape index (κ3) is 5.10. The maximum absolute atomic E-state index is 9.51. The minimum absolute atomic E-state index is 0.199. The van der Waals surface area contributed by atoms with Crippen molar-refractivity contribution in [1.29, 1.82) is 0 Å². The first-order valence-electron chi connectivity index (χ1n) is 6.38. The SMILES string of the molecule is COc1cc(CCC[Si](C)OC(C)C)ccc1O. The average Bonchev–Trinajstić information content (AvgIpc) is 2.30. The number of benzene rings is 1. The second-order valence-electron chi connectivity index (χ2n) is 4.73. The van der Waals surface area contributed by atoms with Crippen molar-refractivity contribution < 1.29 is 14.3 Å². The Kier molecular flexibility index (Phi) is 6.22. The number of hydrogen-bond donors (Lipinski definition) is 1. The van der Waals surface area contributed by atoms with Crippen molar-refractivity contribution in [3.8, 4) is 11.5 Å². The number of phenols is 1. The number of aromatic hydroxyl groups is 1. The molecule has 0 aromatic heterocycles. The van der Waals surface area contributed by atoms with Gasteiger partial charge in [0.1, 0.15) is 0 Å². The Balaban J connectivity index is 2.39. The number of rotatable bonds is 7. The van der Waals surface area contributed by atoms with E-state index < -0.39 is 9.04 Å². The van der Waals surface area contributed by atoms with E-state index in [0.29, 0.717) is 11.9 Å². The molecule has 18 heavy (non-hydrogen) atoms. The Morgan fingerprint density at radius 2 is 2.06 bits per heavy atom. The minimum atomic E-state index is -0.663. The van der Waals surface area contributed by atoms with Crippen LogP contribution in [0, 0.1) is 0 Å². The molecule has 1 N–H and O–H groups in total. The van der Waals surface area contributed by atoms with Gasteiger partial charge in [0, 0.05) is 6.10 Å². The Hall–Kier alpha value is -1.00. The number of ether oxygens (including phenoxy) is 1. The lowest BCUT2D eigenvalue weighted by molar-refractivity contribution is 0.244. The highest BCUT2D eigenvalue weighted by Gasteiger charge is 2.08. The van der Waals surface area contributed by atoms with Gasteiger partial charge in [0.25, 0.3) is 0 Å². The molecule has 0 bridgehead atoms. The molecule has 1 aromatic carbocycles. The van der Waals surface area contributed by atoms with Crippen LogP contribution in [0.5, 0.6) is 11.5 Å². The number of phenolic OH excluding ortho intramolecular Hbond substituents is 1. The molecule has 1 radical (unpaired) electrons. The smallest absolute Gasteiger partial charge is 0.208 e. The van der Waals surface area contributed by atoms with Crippen molar-refractivity contribution in [3.63, 3.8) is 0 Å². The van der Waals surface area contributed by atoms with Crippen LogP contribution in [0.2, 0.25) is 12.6 Å². The van der Waals surface area contributed by atoms with Crippen molar-refractivity contribution in [3.05, 3.63) is 23.8 Å². The molecule has 3 nitrogen and oxygen atoms in total. The molecule has 0 aliphatic rings. The van der Waals surface area contributed by atoms with Crippen LogP contribution in [0.15, 0.2) is 18.2 Å². The predicted molar refractivity (Wildman–Crippen MR) is 75.6 cm³/mol. The summed E-state index contributed by atoms with van der Waals surface area (Å²) in [6, 6.07) is 6.69. The summed E-state index contributed by atoms with van der Waals surface area (Å²) in [6.07, 6.45) is 2.45. The third-order valence-electron chi connectivity index (χ3n) is 2.68. The second-order valence-corrected chi connectivity index (χ2v) is 6.87. The van der Waals surface area contributed by atoms with Gasteiger partial charge in [0.2, 0.25) is 9.04 Å². The first-order chi connectivity index (χ1) is 8.52. The van der Waals surface area contributed by atoms with Gasteiger partial charge in [-0.2, -0.15) is 0 Å². The van der Waals surface area contributed by atoms with Crippen LogP contribution >= 0.6 is 0 Å². The summed E-state index contributed by atoms with van der Waals surface area (Å²) >= 11 is 0. The molecule has 0 heterocycles. The fourth-order valence-corrected chi connectivity index (χ4v) is 3.48. The van der Waals surface area contributed by atoms with Gasteiger partial charge in [-0.05, 0) is 57.0 Å². The van der Waals surface area contributed by atoms with Crippen LogP contribution in [0.1, 0.15) is 25.8 Å². The number of methoxy groups -OCH3 is 1. The highest BCUT2D eigenvalue weighted by Crippen LogP contribution is 2.26. The molecule has 0 aliphatic heterocycles. The van der Waals surface area contributed by atoms with E-state index in [9.17, 15) is 5.11 Å². The zero-order valence-corrected chi connectivity index (χ0v) is 12.7. The van der Waals surface area contributed by atoms with Gasteiger partial charge in [-0.3, -0.25) is 0 Å². The monoisotopic (exact) mass is 267 g/mol. The number of aryl methyl sites for hydroxylation is 1. The fourth-order valence-electron chi connectivity index (χ4n) is 1.88. The summed E-state index contributed by atoms with van der Waals surface area (Å²) in [7, 11) is 0.909. The van der Waals surface area contributed by atoms with E-state index in [1.165, 1.54) is 5.56 Å². The minimum Gasteiger partial charge on any atom is -0.504 e. The normalized spacial score (nSPS) is 11.2. The van der Waals surface area contributed by atoms with Gasteiger partial charge in [-0.1, -0.05) is 6.07 Å². The van der Waals surface area contributed by atoms with E-state index in [-0.39, 0.29) is 5.75 Å². The predicted octanol–water partition coefficient (Wildman–Crippen LogP) is 3.38. The summed E-state index contributed by atoms with van der Waals surface area (Å²) in [5.74, 6) is 0.748. The molecule has 0 atom stereocenters. The molecule has 0 unspecified atom stereocenters. The lowest BCUT2D eigenvalue weighted by Gasteiger charge is -2.14.